The van der Waals surface area contributed by atoms with Crippen LogP contribution in [0.3, 0.4) is 0 Å². The van der Waals surface area contributed by atoms with E-state index in [9.17, 15) is 21.6 Å². The Morgan fingerprint density at radius 2 is 1.67 bits per heavy atom. The molecule has 0 atom stereocenters. The van der Waals surface area contributed by atoms with Gasteiger partial charge in [0.1, 0.15) is 11.6 Å². The number of halogens is 3. The van der Waals surface area contributed by atoms with Crippen molar-refractivity contribution in [3.05, 3.63) is 65.7 Å². The van der Waals surface area contributed by atoms with E-state index >= 15 is 0 Å². The van der Waals surface area contributed by atoms with Crippen LogP contribution in [0, 0.1) is 5.82 Å². The van der Waals surface area contributed by atoms with Crippen LogP contribution in [0.25, 0.3) is 0 Å². The topological polar surface area (TPSA) is 88.8 Å². The van der Waals surface area contributed by atoms with Gasteiger partial charge in [-0.2, -0.15) is 18.1 Å². The van der Waals surface area contributed by atoms with Gasteiger partial charge in [0.2, 0.25) is 15.8 Å². The molecule has 0 N–H and O–H groups in total. The molecule has 1 saturated heterocycles. The number of aromatic nitrogens is 2. The SMILES string of the molecule is CCOc1ccc(S(=O)(=O)N2CCN(c3nc(C(F)(F)c4ccc(F)cc4)no3)CC2)cc1. The number of nitrogens with zero attached hydrogens (tertiary/aromatic N) is 4. The number of sulfonamides is 1. The summed E-state index contributed by atoms with van der Waals surface area (Å²) in [6.07, 6.45) is 0. The number of hydrogen-bond donors (Lipinski definition) is 0. The minimum atomic E-state index is -3.72. The zero-order chi connectivity index (χ0) is 23.6. The number of piperazine rings is 1. The van der Waals surface area contributed by atoms with Gasteiger partial charge in [-0.25, -0.2) is 12.8 Å². The fourth-order valence-corrected chi connectivity index (χ4v) is 4.83. The quantitative estimate of drug-likeness (QED) is 0.511. The summed E-state index contributed by atoms with van der Waals surface area (Å²) in [7, 11) is -3.72. The van der Waals surface area contributed by atoms with Gasteiger partial charge in [0, 0.05) is 31.7 Å². The van der Waals surface area contributed by atoms with Crippen molar-refractivity contribution in [2.45, 2.75) is 17.7 Å². The molecule has 1 aromatic heterocycles. The molecule has 4 rings (SSSR count). The highest BCUT2D eigenvalue weighted by molar-refractivity contribution is 7.89. The van der Waals surface area contributed by atoms with Gasteiger partial charge in [0.25, 0.3) is 0 Å². The second kappa shape index (κ2) is 9.02. The predicted molar refractivity (Wildman–Crippen MR) is 112 cm³/mol. The first-order chi connectivity index (χ1) is 15.7. The van der Waals surface area contributed by atoms with Crippen LogP contribution in [-0.4, -0.2) is 55.6 Å². The maximum atomic E-state index is 14.7. The first-order valence-corrected chi connectivity index (χ1v) is 11.6. The summed E-state index contributed by atoms with van der Waals surface area (Å²) in [6.45, 7) is 2.89. The molecule has 1 fully saturated rings. The van der Waals surface area contributed by atoms with Crippen LogP contribution in [-0.2, 0) is 15.9 Å². The first-order valence-electron chi connectivity index (χ1n) is 10.2. The number of benzene rings is 2. The van der Waals surface area contributed by atoms with E-state index in [2.05, 4.69) is 10.1 Å². The third-order valence-corrected chi connectivity index (χ3v) is 7.10. The summed E-state index contributed by atoms with van der Waals surface area (Å²) >= 11 is 0. The smallest absolute Gasteiger partial charge is 0.335 e. The Hall–Kier alpha value is -3.12. The van der Waals surface area contributed by atoms with Crippen molar-refractivity contribution in [1.29, 1.82) is 0 Å². The minimum Gasteiger partial charge on any atom is -0.494 e. The van der Waals surface area contributed by atoms with Gasteiger partial charge < -0.3 is 14.2 Å². The van der Waals surface area contributed by atoms with Crippen molar-refractivity contribution in [2.24, 2.45) is 0 Å². The van der Waals surface area contributed by atoms with Crippen LogP contribution in [0.2, 0.25) is 0 Å². The highest BCUT2D eigenvalue weighted by Gasteiger charge is 2.40. The Labute approximate surface area is 188 Å². The molecule has 0 unspecified atom stereocenters. The maximum absolute atomic E-state index is 14.7. The highest BCUT2D eigenvalue weighted by atomic mass is 32.2. The lowest BCUT2D eigenvalue weighted by molar-refractivity contribution is 0.0304. The summed E-state index contributed by atoms with van der Waals surface area (Å²) in [5.41, 5.74) is -0.470. The van der Waals surface area contributed by atoms with Crippen molar-refractivity contribution in [3.63, 3.8) is 0 Å². The number of rotatable bonds is 7. The van der Waals surface area contributed by atoms with Crippen LogP contribution >= 0.6 is 0 Å². The standard InChI is InChI=1S/C21H21F3N4O4S/c1-2-31-17-7-9-18(10-8-17)33(29,30)28-13-11-27(12-14-28)20-25-19(26-32-20)21(23,24)15-3-5-16(22)6-4-15/h3-10H,2,11-14H2,1H3. The minimum absolute atomic E-state index is 0.113. The molecule has 1 aliphatic heterocycles. The number of alkyl halides is 2. The van der Waals surface area contributed by atoms with E-state index in [4.69, 9.17) is 9.26 Å². The molecular weight excluding hydrogens is 461 g/mol. The summed E-state index contributed by atoms with van der Waals surface area (Å²) in [5, 5.41) is 3.39. The molecule has 12 heteroatoms. The average molecular weight is 482 g/mol. The highest BCUT2D eigenvalue weighted by Crippen LogP contribution is 2.35. The number of anilines is 1. The Morgan fingerprint density at radius 1 is 1.03 bits per heavy atom. The van der Waals surface area contributed by atoms with Crippen LogP contribution in [0.5, 0.6) is 5.75 Å². The maximum Gasteiger partial charge on any atom is 0.335 e. The number of hydrogen-bond acceptors (Lipinski definition) is 7. The molecule has 8 nitrogen and oxygen atoms in total. The fourth-order valence-electron chi connectivity index (χ4n) is 3.40. The average Bonchev–Trinajstić information content (AvgIpc) is 3.31. The molecule has 1 aliphatic rings. The van der Waals surface area contributed by atoms with Gasteiger partial charge in [-0.3, -0.25) is 0 Å². The van der Waals surface area contributed by atoms with Gasteiger partial charge in [-0.1, -0.05) is 5.16 Å². The van der Waals surface area contributed by atoms with Crippen LogP contribution in [0.1, 0.15) is 18.3 Å². The van der Waals surface area contributed by atoms with Crippen molar-refractivity contribution in [3.8, 4) is 5.75 Å². The first kappa shape index (κ1) is 23.1. The monoisotopic (exact) mass is 482 g/mol. The van der Waals surface area contributed by atoms with Crippen molar-refractivity contribution in [1.82, 2.24) is 14.4 Å². The molecular formula is C21H21F3N4O4S. The molecule has 0 saturated carbocycles. The zero-order valence-electron chi connectivity index (χ0n) is 17.6. The Morgan fingerprint density at radius 3 is 2.27 bits per heavy atom. The van der Waals surface area contributed by atoms with Crippen LogP contribution in [0.4, 0.5) is 19.2 Å². The van der Waals surface area contributed by atoms with E-state index < -0.39 is 33.2 Å². The lowest BCUT2D eigenvalue weighted by Gasteiger charge is -2.32. The molecule has 0 radical (unpaired) electrons. The molecule has 0 bridgehead atoms. The molecule has 2 aromatic carbocycles. The second-order valence-electron chi connectivity index (χ2n) is 7.28. The largest absolute Gasteiger partial charge is 0.494 e. The molecule has 2 heterocycles. The third kappa shape index (κ3) is 4.67. The van der Waals surface area contributed by atoms with Crippen molar-refractivity contribution in [2.75, 3.05) is 37.7 Å². The van der Waals surface area contributed by atoms with E-state index in [1.165, 1.54) is 16.4 Å². The normalized spacial score (nSPS) is 15.6. The Balaban J connectivity index is 1.43. The van der Waals surface area contributed by atoms with Gasteiger partial charge >= 0.3 is 11.9 Å². The fraction of sp³-hybridized carbons (Fsp3) is 0.333. The molecule has 33 heavy (non-hydrogen) atoms. The van der Waals surface area contributed by atoms with Crippen molar-refractivity contribution >= 4 is 16.0 Å². The van der Waals surface area contributed by atoms with Crippen LogP contribution in [0.15, 0.2) is 57.9 Å². The summed E-state index contributed by atoms with van der Waals surface area (Å²) in [5.74, 6) is -4.49. The van der Waals surface area contributed by atoms with E-state index in [-0.39, 0.29) is 37.1 Å². The summed E-state index contributed by atoms with van der Waals surface area (Å²) in [6, 6.07) is 9.77. The van der Waals surface area contributed by atoms with Gasteiger partial charge in [-0.15, -0.1) is 0 Å². The summed E-state index contributed by atoms with van der Waals surface area (Å²) in [4.78, 5) is 5.48. The second-order valence-corrected chi connectivity index (χ2v) is 9.22. The van der Waals surface area contributed by atoms with E-state index in [1.54, 1.807) is 17.0 Å². The molecule has 176 valence electrons. The Bertz CT molecular complexity index is 1190. The van der Waals surface area contributed by atoms with E-state index in [1.807, 2.05) is 6.92 Å². The zero-order valence-corrected chi connectivity index (χ0v) is 18.4. The number of ether oxygens (including phenoxy) is 1. The van der Waals surface area contributed by atoms with Gasteiger partial charge in [0.05, 0.1) is 11.5 Å². The van der Waals surface area contributed by atoms with Crippen LogP contribution < -0.4 is 9.64 Å². The third-order valence-electron chi connectivity index (χ3n) is 5.18. The summed E-state index contributed by atoms with van der Waals surface area (Å²) < 4.78 is 79.8. The lowest BCUT2D eigenvalue weighted by atomic mass is 10.1. The lowest BCUT2D eigenvalue weighted by Crippen LogP contribution is -2.48. The molecule has 0 amide bonds. The predicted octanol–water partition coefficient (Wildman–Crippen LogP) is 3.26. The Kier molecular flexibility index (Phi) is 6.30. The molecule has 3 aromatic rings. The van der Waals surface area contributed by atoms with Gasteiger partial charge in [-0.05, 0) is 55.5 Å². The van der Waals surface area contributed by atoms with E-state index in [0.29, 0.717) is 12.4 Å². The molecule has 0 spiro atoms. The van der Waals surface area contributed by atoms with E-state index in [0.717, 1.165) is 24.3 Å². The van der Waals surface area contributed by atoms with Gasteiger partial charge in [0.15, 0.2) is 0 Å². The van der Waals surface area contributed by atoms with Crippen molar-refractivity contribution < 1.29 is 30.8 Å². The molecule has 0 aliphatic carbocycles.